The molecule has 1 aliphatic heterocycles. The van der Waals surface area contributed by atoms with E-state index in [1.165, 1.54) is 12.1 Å². The van der Waals surface area contributed by atoms with Crippen LogP contribution in [0.25, 0.3) is 10.8 Å². The average molecular weight is 434 g/mol. The zero-order valence-electron chi connectivity index (χ0n) is 17.0. The zero-order chi connectivity index (χ0) is 21.8. The van der Waals surface area contributed by atoms with E-state index in [1.807, 2.05) is 29.2 Å². The number of carbonyl (C=O) groups excluding carboxylic acids is 1. The highest BCUT2D eigenvalue weighted by Crippen LogP contribution is 2.36. The number of hydrogen-bond acceptors (Lipinski definition) is 4. The predicted molar refractivity (Wildman–Crippen MR) is 119 cm³/mol. The number of hydrogen-bond donors (Lipinski definition) is 1. The maximum absolute atomic E-state index is 13.3. The highest BCUT2D eigenvalue weighted by molar-refractivity contribution is 7.89. The standard InChI is InChI=1S/C24H23N3O3S/c25-15-5-16-26-31(29,30)20-13-11-19(12-14-20)24(28)27-17-4-10-23(27)22-9-3-7-18-6-1-2-8-21(18)22/h1-3,6-9,11-14,23,26H,4-5,10,16-17H2. The number of amides is 1. The van der Waals surface area contributed by atoms with Crippen LogP contribution in [0, 0.1) is 11.3 Å². The third kappa shape index (κ3) is 4.31. The maximum Gasteiger partial charge on any atom is 0.254 e. The Morgan fingerprint density at radius 1 is 1.06 bits per heavy atom. The largest absolute Gasteiger partial charge is 0.332 e. The number of nitriles is 1. The van der Waals surface area contributed by atoms with Gasteiger partial charge in [0.05, 0.1) is 17.0 Å². The number of carbonyl (C=O) groups is 1. The van der Waals surface area contributed by atoms with E-state index in [1.54, 1.807) is 12.1 Å². The number of sulfonamides is 1. The normalized spacial score (nSPS) is 16.4. The molecule has 1 unspecified atom stereocenters. The topological polar surface area (TPSA) is 90.3 Å². The van der Waals surface area contributed by atoms with Gasteiger partial charge >= 0.3 is 0 Å². The molecule has 0 aliphatic carbocycles. The third-order valence-corrected chi connectivity index (χ3v) is 7.11. The Morgan fingerprint density at radius 3 is 2.58 bits per heavy atom. The van der Waals surface area contributed by atoms with Crippen LogP contribution in [-0.2, 0) is 10.0 Å². The second kappa shape index (κ2) is 8.88. The molecule has 1 saturated heterocycles. The smallest absolute Gasteiger partial charge is 0.254 e. The van der Waals surface area contributed by atoms with Crippen LogP contribution in [-0.4, -0.2) is 32.3 Å². The fourth-order valence-corrected chi connectivity index (χ4v) is 5.17. The van der Waals surface area contributed by atoms with E-state index in [9.17, 15) is 13.2 Å². The van der Waals surface area contributed by atoms with E-state index in [2.05, 4.69) is 29.0 Å². The van der Waals surface area contributed by atoms with E-state index < -0.39 is 10.0 Å². The second-order valence-corrected chi connectivity index (χ2v) is 9.32. The van der Waals surface area contributed by atoms with Crippen LogP contribution in [0.2, 0.25) is 0 Å². The molecule has 4 rings (SSSR count). The first-order valence-electron chi connectivity index (χ1n) is 10.3. The second-order valence-electron chi connectivity index (χ2n) is 7.56. The van der Waals surface area contributed by atoms with Crippen molar-refractivity contribution in [2.75, 3.05) is 13.1 Å². The summed E-state index contributed by atoms with van der Waals surface area (Å²) in [7, 11) is -3.70. The number of nitrogens with zero attached hydrogens (tertiary/aromatic N) is 2. The van der Waals surface area contributed by atoms with Gasteiger partial charge in [-0.2, -0.15) is 5.26 Å². The van der Waals surface area contributed by atoms with E-state index in [-0.39, 0.29) is 29.8 Å². The van der Waals surface area contributed by atoms with E-state index in [0.717, 1.165) is 29.2 Å². The molecule has 1 fully saturated rings. The van der Waals surface area contributed by atoms with Gasteiger partial charge in [-0.05, 0) is 53.4 Å². The van der Waals surface area contributed by atoms with Crippen molar-refractivity contribution in [2.45, 2.75) is 30.2 Å². The number of fused-ring (bicyclic) bond motifs is 1. The summed E-state index contributed by atoms with van der Waals surface area (Å²) >= 11 is 0. The highest BCUT2D eigenvalue weighted by atomic mass is 32.2. The first-order valence-corrected chi connectivity index (χ1v) is 11.7. The summed E-state index contributed by atoms with van der Waals surface area (Å²) < 4.78 is 27.0. The van der Waals surface area contributed by atoms with Crippen LogP contribution in [0.15, 0.2) is 71.6 Å². The molecular weight excluding hydrogens is 410 g/mol. The Hall–Kier alpha value is -3.21. The molecule has 1 heterocycles. The minimum Gasteiger partial charge on any atom is -0.332 e. The summed E-state index contributed by atoms with van der Waals surface area (Å²) in [5.74, 6) is -0.100. The van der Waals surface area contributed by atoms with Gasteiger partial charge < -0.3 is 4.90 Å². The van der Waals surface area contributed by atoms with Crippen LogP contribution in [0.4, 0.5) is 0 Å². The lowest BCUT2D eigenvalue weighted by Gasteiger charge is -2.26. The van der Waals surface area contributed by atoms with E-state index >= 15 is 0 Å². The molecule has 0 radical (unpaired) electrons. The Balaban J connectivity index is 1.57. The predicted octanol–water partition coefficient (Wildman–Crippen LogP) is 4.01. The monoisotopic (exact) mass is 433 g/mol. The van der Waals surface area contributed by atoms with Crippen molar-refractivity contribution in [1.82, 2.24) is 9.62 Å². The van der Waals surface area contributed by atoms with Crippen molar-refractivity contribution in [2.24, 2.45) is 0 Å². The zero-order valence-corrected chi connectivity index (χ0v) is 17.8. The number of likely N-dealkylation sites (tertiary alicyclic amines) is 1. The van der Waals surface area contributed by atoms with Gasteiger partial charge in [-0.3, -0.25) is 4.79 Å². The van der Waals surface area contributed by atoms with Crippen LogP contribution in [0.1, 0.15) is 41.2 Å². The first-order chi connectivity index (χ1) is 15.0. The van der Waals surface area contributed by atoms with Crippen molar-refractivity contribution in [1.29, 1.82) is 5.26 Å². The molecule has 1 amide bonds. The van der Waals surface area contributed by atoms with Gasteiger partial charge in [0.2, 0.25) is 10.0 Å². The van der Waals surface area contributed by atoms with Crippen molar-refractivity contribution in [3.05, 3.63) is 77.9 Å². The molecule has 6 nitrogen and oxygen atoms in total. The maximum atomic E-state index is 13.3. The summed E-state index contributed by atoms with van der Waals surface area (Å²) in [5.41, 5.74) is 1.60. The molecular formula is C24H23N3O3S. The minimum absolute atomic E-state index is 0.00495. The van der Waals surface area contributed by atoms with Gasteiger partial charge in [-0.1, -0.05) is 42.5 Å². The first kappa shape index (κ1) is 21.0. The lowest BCUT2D eigenvalue weighted by molar-refractivity contribution is 0.0736. The summed E-state index contributed by atoms with van der Waals surface area (Å²) in [5, 5.41) is 10.9. The summed E-state index contributed by atoms with van der Waals surface area (Å²) in [6.07, 6.45) is 1.92. The summed E-state index contributed by atoms with van der Waals surface area (Å²) in [6, 6.07) is 22.2. The highest BCUT2D eigenvalue weighted by Gasteiger charge is 2.31. The number of nitrogens with one attached hydrogen (secondary N) is 1. The summed E-state index contributed by atoms with van der Waals surface area (Å²) in [6.45, 7) is 0.725. The van der Waals surface area contributed by atoms with E-state index in [0.29, 0.717) is 12.1 Å². The van der Waals surface area contributed by atoms with Gasteiger partial charge in [0.25, 0.3) is 5.91 Å². The fraction of sp³-hybridized carbons (Fsp3) is 0.250. The minimum atomic E-state index is -3.70. The summed E-state index contributed by atoms with van der Waals surface area (Å²) in [4.78, 5) is 15.2. The molecule has 1 aliphatic rings. The lowest BCUT2D eigenvalue weighted by atomic mass is 9.97. The Morgan fingerprint density at radius 2 is 1.81 bits per heavy atom. The van der Waals surface area contributed by atoms with Crippen LogP contribution in [0.3, 0.4) is 0 Å². The van der Waals surface area contributed by atoms with Crippen LogP contribution >= 0.6 is 0 Å². The van der Waals surface area contributed by atoms with E-state index in [4.69, 9.17) is 5.26 Å². The molecule has 0 saturated carbocycles. The molecule has 0 spiro atoms. The Kier molecular flexibility index (Phi) is 6.03. The fourth-order valence-electron chi connectivity index (χ4n) is 4.14. The third-order valence-electron chi connectivity index (χ3n) is 5.64. The van der Waals surface area contributed by atoms with Crippen molar-refractivity contribution >= 4 is 26.7 Å². The quantitative estimate of drug-likeness (QED) is 0.595. The number of benzene rings is 3. The Bertz CT molecular complexity index is 1240. The molecule has 158 valence electrons. The molecule has 0 aromatic heterocycles. The molecule has 3 aromatic carbocycles. The average Bonchev–Trinajstić information content (AvgIpc) is 3.28. The SMILES string of the molecule is N#CCCNS(=O)(=O)c1ccc(C(=O)N2CCCC2c2cccc3ccccc23)cc1. The number of rotatable bonds is 6. The van der Waals surface area contributed by atoms with Gasteiger partial charge in [0, 0.05) is 25.1 Å². The molecule has 3 aromatic rings. The molecule has 31 heavy (non-hydrogen) atoms. The van der Waals surface area contributed by atoms with Crippen molar-refractivity contribution in [3.63, 3.8) is 0 Å². The molecule has 0 bridgehead atoms. The van der Waals surface area contributed by atoms with Gasteiger partial charge in [0.1, 0.15) is 0 Å². The van der Waals surface area contributed by atoms with Gasteiger partial charge in [0.15, 0.2) is 0 Å². The van der Waals surface area contributed by atoms with Crippen LogP contribution in [0.5, 0.6) is 0 Å². The van der Waals surface area contributed by atoms with Gasteiger partial charge in [-0.15, -0.1) is 0 Å². The lowest BCUT2D eigenvalue weighted by Crippen LogP contribution is -2.30. The van der Waals surface area contributed by atoms with Crippen molar-refractivity contribution in [3.8, 4) is 6.07 Å². The Labute approximate surface area is 182 Å². The molecule has 1 N–H and O–H groups in total. The van der Waals surface area contributed by atoms with Crippen molar-refractivity contribution < 1.29 is 13.2 Å². The van der Waals surface area contributed by atoms with Gasteiger partial charge in [-0.25, -0.2) is 13.1 Å². The molecule has 1 atom stereocenters. The molecule has 7 heteroatoms. The van der Waals surface area contributed by atoms with Crippen LogP contribution < -0.4 is 4.72 Å².